The molecule has 0 radical (unpaired) electrons. The van der Waals surface area contributed by atoms with Gasteiger partial charge in [0, 0.05) is 0 Å². The minimum atomic E-state index is -5.09. The van der Waals surface area contributed by atoms with Crippen molar-refractivity contribution >= 4 is 81.2 Å². The van der Waals surface area contributed by atoms with Crippen molar-refractivity contribution < 1.29 is 26.7 Å². The van der Waals surface area contributed by atoms with Crippen LogP contribution in [0.2, 0.25) is 0 Å². The van der Waals surface area contributed by atoms with Crippen molar-refractivity contribution in [3.8, 4) is 0 Å². The van der Waals surface area contributed by atoms with Crippen molar-refractivity contribution in [2.24, 2.45) is 0 Å². The summed E-state index contributed by atoms with van der Waals surface area (Å²) in [6, 6.07) is 0. The molecule has 3 atom stereocenters. The maximum atomic E-state index is 13.4. The molecule has 0 saturated heterocycles. The largest absolute Gasteiger partial charge is 0.376 e. The predicted octanol–water partition coefficient (Wildman–Crippen LogP) is 5.83. The monoisotopic (exact) mass is 416 g/mol. The van der Waals surface area contributed by atoms with Crippen LogP contribution in [0.1, 0.15) is 0 Å². The van der Waals surface area contributed by atoms with Gasteiger partial charge in [-0.15, -0.1) is 0 Å². The van der Waals surface area contributed by atoms with Crippen LogP contribution in [0.15, 0.2) is 0 Å². The van der Waals surface area contributed by atoms with Gasteiger partial charge in [-0.3, -0.25) is 4.74 Å². The molecular weight excluding hydrogens is 419 g/mol. The highest BCUT2D eigenvalue weighted by Crippen LogP contribution is 2.56. The zero-order valence-electron chi connectivity index (χ0n) is 7.44. The van der Waals surface area contributed by atoms with Gasteiger partial charge in [0.2, 0.25) is 0 Å². The van der Waals surface area contributed by atoms with Gasteiger partial charge in [0.05, 0.1) is 0 Å². The zero-order chi connectivity index (χ0) is 15.2. The number of halogens is 12. The average molecular weight is 419 g/mol. The third-order valence-corrected chi connectivity index (χ3v) is 3.96. The van der Waals surface area contributed by atoms with E-state index in [2.05, 4.69) is 39.5 Å². The molecule has 0 amide bonds. The van der Waals surface area contributed by atoms with Crippen LogP contribution in [0.4, 0.5) is 22.0 Å². The number of rotatable bonds is 4. The molecule has 0 bridgehead atoms. The maximum Gasteiger partial charge on any atom is 0.376 e. The second-order valence-corrected chi connectivity index (χ2v) is 6.95. The molecule has 0 saturated carbocycles. The topological polar surface area (TPSA) is 9.23 Å². The Morgan fingerprint density at radius 1 is 0.611 bits per heavy atom. The molecule has 3 unspecified atom stereocenters. The number of alkyl halides is 12. The van der Waals surface area contributed by atoms with E-state index in [-0.39, 0.29) is 0 Å². The third kappa shape index (κ3) is 4.07. The van der Waals surface area contributed by atoms with Gasteiger partial charge in [-0.2, -0.15) is 17.6 Å². The Bertz CT molecular complexity index is 308. The molecule has 18 heavy (non-hydrogen) atoms. The standard InChI is InChI=1S/C5Cl7F5O/c6-1(13,3(10,14)15)4(11,16)18-5(12,17)2(7,8)9. The molecular formula is C5Cl7F5O. The third-order valence-electron chi connectivity index (χ3n) is 1.31. The summed E-state index contributed by atoms with van der Waals surface area (Å²) in [5.74, 6) is 0. The predicted molar refractivity (Wildman–Crippen MR) is 61.3 cm³/mol. The van der Waals surface area contributed by atoms with E-state index in [9.17, 15) is 22.0 Å². The molecule has 0 spiro atoms. The molecule has 0 N–H and O–H groups in total. The van der Waals surface area contributed by atoms with Gasteiger partial charge in [-0.05, 0) is 34.8 Å². The molecule has 13 heteroatoms. The van der Waals surface area contributed by atoms with Crippen molar-refractivity contribution in [3.63, 3.8) is 0 Å². The second kappa shape index (κ2) is 5.44. The van der Waals surface area contributed by atoms with Crippen LogP contribution in [-0.2, 0) is 4.74 Å². The Balaban J connectivity index is 5.33. The summed E-state index contributed by atoms with van der Waals surface area (Å²) < 4.78 is 64.9. The molecule has 0 heterocycles. The van der Waals surface area contributed by atoms with E-state index in [4.69, 9.17) is 46.4 Å². The molecule has 0 aliphatic carbocycles. The molecule has 0 aromatic rings. The van der Waals surface area contributed by atoms with Gasteiger partial charge >= 0.3 is 21.1 Å². The van der Waals surface area contributed by atoms with Crippen molar-refractivity contribution in [3.05, 3.63) is 0 Å². The Labute approximate surface area is 132 Å². The fourth-order valence-electron chi connectivity index (χ4n) is 0.448. The number of hydrogen-bond donors (Lipinski definition) is 0. The molecule has 0 aliphatic rings. The normalized spacial score (nSPS) is 24.0. The first-order valence-corrected chi connectivity index (χ1v) is 6.07. The van der Waals surface area contributed by atoms with E-state index in [0.717, 1.165) is 0 Å². The first-order valence-electron chi connectivity index (χ1n) is 3.43. The van der Waals surface area contributed by atoms with E-state index >= 15 is 0 Å². The van der Waals surface area contributed by atoms with Crippen molar-refractivity contribution in [1.29, 1.82) is 0 Å². The first kappa shape index (κ1) is 19.6. The Morgan fingerprint density at radius 2 is 0.944 bits per heavy atom. The summed E-state index contributed by atoms with van der Waals surface area (Å²) in [6.45, 7) is 0. The van der Waals surface area contributed by atoms with Crippen LogP contribution in [-0.4, -0.2) is 24.9 Å². The van der Waals surface area contributed by atoms with Gasteiger partial charge in [-0.1, -0.05) is 46.4 Å². The Morgan fingerprint density at radius 3 is 1.17 bits per heavy atom. The van der Waals surface area contributed by atoms with E-state index in [1.807, 2.05) is 0 Å². The van der Waals surface area contributed by atoms with Crippen molar-refractivity contribution in [2.45, 2.75) is 24.9 Å². The lowest BCUT2D eigenvalue weighted by molar-refractivity contribution is -0.252. The Hall–Kier alpha value is 1.64. The van der Waals surface area contributed by atoms with Gasteiger partial charge in [0.15, 0.2) is 0 Å². The minimum Gasteiger partial charge on any atom is -0.276 e. The quantitative estimate of drug-likeness (QED) is 0.412. The summed E-state index contributed by atoms with van der Waals surface area (Å²) in [4.78, 5) is 0. The van der Waals surface area contributed by atoms with Crippen LogP contribution < -0.4 is 0 Å². The number of hydrogen-bond acceptors (Lipinski definition) is 1. The summed E-state index contributed by atoms with van der Waals surface area (Å²) in [6.07, 6.45) is 0. The van der Waals surface area contributed by atoms with E-state index in [0.29, 0.717) is 0 Å². The molecule has 0 rings (SSSR count). The smallest absolute Gasteiger partial charge is 0.276 e. The summed E-state index contributed by atoms with van der Waals surface area (Å²) in [5, 5.41) is -18.9. The van der Waals surface area contributed by atoms with Crippen molar-refractivity contribution in [2.75, 3.05) is 0 Å². The lowest BCUT2D eigenvalue weighted by Crippen LogP contribution is -2.55. The van der Waals surface area contributed by atoms with Gasteiger partial charge < -0.3 is 0 Å². The average Bonchev–Trinajstić information content (AvgIpc) is 1.96. The fourth-order valence-corrected chi connectivity index (χ4v) is 1.14. The summed E-state index contributed by atoms with van der Waals surface area (Å²) in [5.41, 5.74) is 0. The minimum absolute atomic E-state index is 3.20. The summed E-state index contributed by atoms with van der Waals surface area (Å²) in [7, 11) is 0. The molecule has 0 aromatic carbocycles. The van der Waals surface area contributed by atoms with E-state index < -0.39 is 24.9 Å². The molecule has 1 nitrogen and oxygen atoms in total. The van der Waals surface area contributed by atoms with Gasteiger partial charge in [-0.25, -0.2) is 4.39 Å². The highest BCUT2D eigenvalue weighted by Gasteiger charge is 2.72. The van der Waals surface area contributed by atoms with Crippen LogP contribution >= 0.6 is 81.2 Å². The fraction of sp³-hybridized carbons (Fsp3) is 1.00. The number of ether oxygens (including phenoxy) is 1. The molecule has 0 aliphatic heterocycles. The van der Waals surface area contributed by atoms with E-state index in [1.54, 1.807) is 0 Å². The first-order chi connectivity index (χ1) is 7.46. The van der Waals surface area contributed by atoms with E-state index in [1.165, 1.54) is 0 Å². The van der Waals surface area contributed by atoms with Gasteiger partial charge in [0.1, 0.15) is 0 Å². The van der Waals surface area contributed by atoms with Crippen LogP contribution in [0.5, 0.6) is 0 Å². The van der Waals surface area contributed by atoms with Crippen LogP contribution in [0.25, 0.3) is 0 Å². The lowest BCUT2D eigenvalue weighted by Gasteiger charge is -2.36. The zero-order valence-corrected chi connectivity index (χ0v) is 12.7. The van der Waals surface area contributed by atoms with Crippen LogP contribution in [0.3, 0.4) is 0 Å². The lowest BCUT2D eigenvalue weighted by atomic mass is 10.4. The van der Waals surface area contributed by atoms with Crippen molar-refractivity contribution in [1.82, 2.24) is 0 Å². The highest BCUT2D eigenvalue weighted by atomic mass is 35.6. The maximum absolute atomic E-state index is 13.4. The SMILES string of the molecule is FC(F)(Cl)C(F)(Cl)C(F)(Cl)OC(F)(Cl)C(Cl)(Cl)Cl. The molecule has 0 aromatic heterocycles. The highest BCUT2D eigenvalue weighted by molar-refractivity contribution is 6.70. The summed E-state index contributed by atoms with van der Waals surface area (Å²) >= 11 is 32.5. The molecule has 0 fully saturated rings. The second-order valence-electron chi connectivity index (χ2n) is 2.71. The Kier molecular flexibility index (Phi) is 5.94. The van der Waals surface area contributed by atoms with Crippen LogP contribution in [0, 0.1) is 0 Å². The molecule has 110 valence electrons. The van der Waals surface area contributed by atoms with Gasteiger partial charge in [0.25, 0.3) is 3.79 Å².